The van der Waals surface area contributed by atoms with E-state index in [4.69, 9.17) is 0 Å². The Morgan fingerprint density at radius 3 is 2.48 bits per heavy atom. The summed E-state index contributed by atoms with van der Waals surface area (Å²) >= 11 is 0. The molecule has 0 unspecified atom stereocenters. The molecule has 0 radical (unpaired) electrons. The van der Waals surface area contributed by atoms with Gasteiger partial charge in [0, 0.05) is 51.0 Å². The highest BCUT2D eigenvalue weighted by atomic mass is 35.5. The number of anilines is 1. The molecule has 0 spiro atoms. The standard InChI is InChI=1S/C18H22F2N4.ClH/c1-23-6-8-24(9-7-23)18-5-2-14(12-22-18)11-21-13-15-10-16(19)3-4-17(15)20;/h2-5,10,12,21H,6-9,11,13H2,1H3;1H. The van der Waals surface area contributed by atoms with Gasteiger partial charge < -0.3 is 15.1 Å². The molecule has 7 heteroatoms. The van der Waals surface area contributed by atoms with Crippen LogP contribution in [0.4, 0.5) is 14.6 Å². The zero-order valence-electron chi connectivity index (χ0n) is 14.2. The van der Waals surface area contributed by atoms with Crippen molar-refractivity contribution in [3.63, 3.8) is 0 Å². The fourth-order valence-electron chi connectivity index (χ4n) is 2.76. The molecule has 0 bridgehead atoms. The second kappa shape index (κ2) is 9.08. The van der Waals surface area contributed by atoms with Crippen LogP contribution in [0.25, 0.3) is 0 Å². The monoisotopic (exact) mass is 368 g/mol. The number of hydrogen-bond acceptors (Lipinski definition) is 4. The average molecular weight is 369 g/mol. The molecule has 1 aromatic carbocycles. The van der Waals surface area contributed by atoms with Gasteiger partial charge in [0.25, 0.3) is 0 Å². The minimum atomic E-state index is -0.425. The fourth-order valence-corrected chi connectivity index (χ4v) is 2.76. The molecule has 1 aromatic heterocycles. The van der Waals surface area contributed by atoms with Crippen molar-refractivity contribution in [1.29, 1.82) is 0 Å². The Balaban J connectivity index is 0.00000225. The maximum absolute atomic E-state index is 13.6. The summed E-state index contributed by atoms with van der Waals surface area (Å²) < 4.78 is 26.7. The van der Waals surface area contributed by atoms with E-state index in [1.807, 2.05) is 18.3 Å². The molecular weight excluding hydrogens is 346 g/mol. The van der Waals surface area contributed by atoms with Gasteiger partial charge in [-0.3, -0.25) is 0 Å². The van der Waals surface area contributed by atoms with E-state index in [1.54, 1.807) is 0 Å². The van der Waals surface area contributed by atoms with Crippen LogP contribution in [-0.4, -0.2) is 43.1 Å². The summed E-state index contributed by atoms with van der Waals surface area (Å²) in [6, 6.07) is 7.54. The third-order valence-electron chi connectivity index (χ3n) is 4.29. The zero-order chi connectivity index (χ0) is 16.9. The van der Waals surface area contributed by atoms with Crippen LogP contribution < -0.4 is 10.2 Å². The van der Waals surface area contributed by atoms with E-state index in [0.717, 1.165) is 49.7 Å². The molecular formula is C18H23ClF2N4. The largest absolute Gasteiger partial charge is 0.354 e. The molecule has 0 aliphatic carbocycles. The predicted molar refractivity (Wildman–Crippen MR) is 98.1 cm³/mol. The van der Waals surface area contributed by atoms with E-state index in [2.05, 4.69) is 27.1 Å². The van der Waals surface area contributed by atoms with Gasteiger partial charge in [0.2, 0.25) is 0 Å². The van der Waals surface area contributed by atoms with Gasteiger partial charge in [-0.15, -0.1) is 12.4 Å². The van der Waals surface area contributed by atoms with Crippen molar-refractivity contribution in [3.05, 3.63) is 59.3 Å². The quantitative estimate of drug-likeness (QED) is 0.879. The Kier molecular flexibility index (Phi) is 7.11. The molecule has 1 N–H and O–H groups in total. The van der Waals surface area contributed by atoms with E-state index in [9.17, 15) is 8.78 Å². The normalized spacial score (nSPS) is 15.1. The maximum atomic E-state index is 13.6. The molecule has 0 saturated carbocycles. The molecule has 1 saturated heterocycles. The van der Waals surface area contributed by atoms with Crippen LogP contribution in [0.3, 0.4) is 0 Å². The average Bonchev–Trinajstić information content (AvgIpc) is 2.59. The number of benzene rings is 1. The smallest absolute Gasteiger partial charge is 0.128 e. The van der Waals surface area contributed by atoms with E-state index >= 15 is 0 Å². The minimum absolute atomic E-state index is 0. The van der Waals surface area contributed by atoms with Crippen LogP contribution >= 0.6 is 12.4 Å². The molecule has 25 heavy (non-hydrogen) atoms. The van der Waals surface area contributed by atoms with Crippen molar-refractivity contribution in [2.45, 2.75) is 13.1 Å². The van der Waals surface area contributed by atoms with Crippen molar-refractivity contribution in [2.24, 2.45) is 0 Å². The van der Waals surface area contributed by atoms with Gasteiger partial charge in [-0.05, 0) is 36.9 Å². The van der Waals surface area contributed by atoms with Gasteiger partial charge in [-0.2, -0.15) is 0 Å². The second-order valence-electron chi connectivity index (χ2n) is 6.15. The Morgan fingerprint density at radius 1 is 1.04 bits per heavy atom. The summed E-state index contributed by atoms with van der Waals surface area (Å²) in [5.74, 6) is 0.168. The fraction of sp³-hybridized carbons (Fsp3) is 0.389. The van der Waals surface area contributed by atoms with Gasteiger partial charge in [0.1, 0.15) is 17.5 Å². The maximum Gasteiger partial charge on any atom is 0.128 e. The highest BCUT2D eigenvalue weighted by Gasteiger charge is 2.14. The van der Waals surface area contributed by atoms with Gasteiger partial charge in [-0.25, -0.2) is 13.8 Å². The van der Waals surface area contributed by atoms with Crippen LogP contribution in [0, 0.1) is 11.6 Å². The number of rotatable bonds is 5. The summed E-state index contributed by atoms with van der Waals surface area (Å²) in [4.78, 5) is 9.10. The molecule has 0 atom stereocenters. The van der Waals surface area contributed by atoms with E-state index < -0.39 is 11.6 Å². The van der Waals surface area contributed by atoms with Crippen LogP contribution in [0.15, 0.2) is 36.5 Å². The Labute approximate surface area is 153 Å². The van der Waals surface area contributed by atoms with Crippen molar-refractivity contribution < 1.29 is 8.78 Å². The number of aromatic nitrogens is 1. The lowest BCUT2D eigenvalue weighted by Crippen LogP contribution is -2.44. The number of pyridine rings is 1. The van der Waals surface area contributed by atoms with Crippen molar-refractivity contribution in [3.8, 4) is 0 Å². The molecule has 0 amide bonds. The van der Waals surface area contributed by atoms with E-state index in [1.165, 1.54) is 6.07 Å². The SMILES string of the molecule is CN1CCN(c2ccc(CNCc3cc(F)ccc3F)cn2)CC1.Cl. The highest BCUT2D eigenvalue weighted by molar-refractivity contribution is 5.85. The Hall–Kier alpha value is -1.76. The first-order chi connectivity index (χ1) is 11.6. The first-order valence-corrected chi connectivity index (χ1v) is 8.15. The second-order valence-corrected chi connectivity index (χ2v) is 6.15. The topological polar surface area (TPSA) is 31.4 Å². The predicted octanol–water partition coefficient (Wildman–Crippen LogP) is 2.82. The first kappa shape index (κ1) is 19.6. The molecule has 4 nitrogen and oxygen atoms in total. The van der Waals surface area contributed by atoms with Crippen molar-refractivity contribution >= 4 is 18.2 Å². The highest BCUT2D eigenvalue weighted by Crippen LogP contribution is 2.14. The van der Waals surface area contributed by atoms with E-state index in [-0.39, 0.29) is 19.0 Å². The number of likely N-dealkylation sites (N-methyl/N-ethyl adjacent to an activating group) is 1. The lowest BCUT2D eigenvalue weighted by Gasteiger charge is -2.33. The minimum Gasteiger partial charge on any atom is -0.354 e. The lowest BCUT2D eigenvalue weighted by atomic mass is 10.2. The third kappa shape index (κ3) is 5.36. The number of piperazine rings is 1. The molecule has 1 aliphatic rings. The molecule has 1 aliphatic heterocycles. The van der Waals surface area contributed by atoms with Crippen molar-refractivity contribution in [1.82, 2.24) is 15.2 Å². The Bertz CT molecular complexity index is 673. The summed E-state index contributed by atoms with van der Waals surface area (Å²) in [5.41, 5.74) is 1.35. The number of nitrogens with zero attached hydrogens (tertiary/aromatic N) is 3. The summed E-state index contributed by atoms with van der Waals surface area (Å²) in [7, 11) is 2.13. The van der Waals surface area contributed by atoms with E-state index in [0.29, 0.717) is 12.1 Å². The van der Waals surface area contributed by atoms with Gasteiger partial charge in [0.05, 0.1) is 0 Å². The van der Waals surface area contributed by atoms with Crippen LogP contribution in [-0.2, 0) is 13.1 Å². The molecule has 2 heterocycles. The van der Waals surface area contributed by atoms with Gasteiger partial charge >= 0.3 is 0 Å². The third-order valence-corrected chi connectivity index (χ3v) is 4.29. The van der Waals surface area contributed by atoms with Crippen LogP contribution in [0.2, 0.25) is 0 Å². The molecule has 136 valence electrons. The number of hydrogen-bond donors (Lipinski definition) is 1. The van der Waals surface area contributed by atoms with Crippen LogP contribution in [0.5, 0.6) is 0 Å². The zero-order valence-corrected chi connectivity index (χ0v) is 15.0. The first-order valence-electron chi connectivity index (χ1n) is 8.15. The molecule has 2 aromatic rings. The van der Waals surface area contributed by atoms with Gasteiger partial charge in [-0.1, -0.05) is 6.07 Å². The summed E-state index contributed by atoms with van der Waals surface area (Å²) in [6.07, 6.45) is 1.84. The number of nitrogens with one attached hydrogen (secondary N) is 1. The Morgan fingerprint density at radius 2 is 1.80 bits per heavy atom. The van der Waals surface area contributed by atoms with Crippen molar-refractivity contribution in [2.75, 3.05) is 38.1 Å². The summed E-state index contributed by atoms with van der Waals surface area (Å²) in [5, 5.41) is 3.12. The number of halogens is 3. The summed E-state index contributed by atoms with van der Waals surface area (Å²) in [6.45, 7) is 4.91. The van der Waals surface area contributed by atoms with Crippen LogP contribution in [0.1, 0.15) is 11.1 Å². The molecule has 3 rings (SSSR count). The molecule has 1 fully saturated rings. The van der Waals surface area contributed by atoms with Gasteiger partial charge in [0.15, 0.2) is 0 Å². The lowest BCUT2D eigenvalue weighted by molar-refractivity contribution is 0.312.